The van der Waals surface area contributed by atoms with E-state index in [4.69, 9.17) is 0 Å². The highest BCUT2D eigenvalue weighted by atomic mass is 15.4. The van der Waals surface area contributed by atoms with Crippen LogP contribution in [0.5, 0.6) is 0 Å². The molecule has 0 atom stereocenters. The second kappa shape index (κ2) is 3.70. The molecule has 0 saturated heterocycles. The van der Waals surface area contributed by atoms with Gasteiger partial charge in [-0.1, -0.05) is 30.3 Å². The largest absolute Gasteiger partial charge is 0.293 e. The average Bonchev–Trinajstić information content (AvgIpc) is 2.74. The molecule has 0 amide bonds. The number of aromatic nitrogens is 2. The maximum absolute atomic E-state index is 4.32. The number of nitrogens with one attached hydrogen (secondary N) is 1. The Balaban J connectivity index is 2.01. The molecule has 0 aliphatic heterocycles. The van der Waals surface area contributed by atoms with Gasteiger partial charge in [0, 0.05) is 0 Å². The van der Waals surface area contributed by atoms with Crippen LogP contribution in [-0.4, -0.2) is 9.66 Å². The lowest BCUT2D eigenvalue weighted by Crippen LogP contribution is -2.06. The summed E-state index contributed by atoms with van der Waals surface area (Å²) >= 11 is 0. The van der Waals surface area contributed by atoms with E-state index in [2.05, 4.69) is 10.4 Å². The van der Waals surface area contributed by atoms with Gasteiger partial charge < -0.3 is 0 Å². The number of nitrogens with zero attached hydrogens (tertiary/aromatic N) is 2. The first-order valence-corrected chi connectivity index (χ1v) is 5.18. The van der Waals surface area contributed by atoms with Gasteiger partial charge >= 0.3 is 0 Å². The van der Waals surface area contributed by atoms with Gasteiger partial charge in [0.15, 0.2) is 0 Å². The summed E-state index contributed by atoms with van der Waals surface area (Å²) < 4.78 is 1.92. The highest BCUT2D eigenvalue weighted by molar-refractivity contribution is 5.75. The highest BCUT2D eigenvalue weighted by Gasteiger charge is 2.00. The Labute approximate surface area is 93.3 Å². The van der Waals surface area contributed by atoms with E-state index in [1.54, 1.807) is 6.33 Å². The van der Waals surface area contributed by atoms with Crippen molar-refractivity contribution in [2.45, 2.75) is 0 Å². The molecule has 78 valence electrons. The number of fused-ring (bicyclic) bond motifs is 1. The molecule has 1 N–H and O–H groups in total. The Morgan fingerprint density at radius 3 is 2.50 bits per heavy atom. The summed E-state index contributed by atoms with van der Waals surface area (Å²) in [4.78, 5) is 4.32. The lowest BCUT2D eigenvalue weighted by Gasteiger charge is -2.07. The summed E-state index contributed by atoms with van der Waals surface area (Å²) in [6.07, 6.45) is 1.79. The van der Waals surface area contributed by atoms with Crippen LogP contribution in [-0.2, 0) is 0 Å². The van der Waals surface area contributed by atoms with Crippen LogP contribution in [0.25, 0.3) is 11.0 Å². The van der Waals surface area contributed by atoms with Crippen LogP contribution in [0.4, 0.5) is 5.69 Å². The first kappa shape index (κ1) is 8.97. The van der Waals surface area contributed by atoms with Gasteiger partial charge in [-0.3, -0.25) is 5.43 Å². The number of hydrogen-bond acceptors (Lipinski definition) is 2. The molecule has 2 aromatic carbocycles. The van der Waals surface area contributed by atoms with Crippen LogP contribution in [0.1, 0.15) is 0 Å². The van der Waals surface area contributed by atoms with Gasteiger partial charge in [-0.05, 0) is 24.3 Å². The smallest absolute Gasteiger partial charge is 0.116 e. The Hall–Kier alpha value is -2.29. The summed E-state index contributed by atoms with van der Waals surface area (Å²) in [5, 5.41) is 0. The zero-order valence-electron chi connectivity index (χ0n) is 8.67. The summed E-state index contributed by atoms with van der Waals surface area (Å²) in [6.45, 7) is 0. The van der Waals surface area contributed by atoms with Crippen molar-refractivity contribution in [1.82, 2.24) is 9.66 Å². The van der Waals surface area contributed by atoms with E-state index in [-0.39, 0.29) is 0 Å². The third-order valence-electron chi connectivity index (χ3n) is 2.48. The maximum Gasteiger partial charge on any atom is 0.116 e. The molecule has 0 aliphatic rings. The van der Waals surface area contributed by atoms with Gasteiger partial charge in [-0.2, -0.15) is 0 Å². The second-order valence-electron chi connectivity index (χ2n) is 3.58. The van der Waals surface area contributed by atoms with E-state index < -0.39 is 0 Å². The molecule has 16 heavy (non-hydrogen) atoms. The summed E-state index contributed by atoms with van der Waals surface area (Å²) in [5.74, 6) is 0. The number of anilines is 1. The Morgan fingerprint density at radius 2 is 1.62 bits per heavy atom. The van der Waals surface area contributed by atoms with E-state index in [1.807, 2.05) is 59.3 Å². The minimum absolute atomic E-state index is 0.992. The molecule has 3 nitrogen and oxygen atoms in total. The lowest BCUT2D eigenvalue weighted by molar-refractivity contribution is 0.989. The predicted molar refractivity (Wildman–Crippen MR) is 65.2 cm³/mol. The Morgan fingerprint density at radius 1 is 0.875 bits per heavy atom. The van der Waals surface area contributed by atoms with E-state index >= 15 is 0 Å². The number of rotatable bonds is 2. The fourth-order valence-electron chi connectivity index (χ4n) is 1.70. The van der Waals surface area contributed by atoms with Crippen molar-refractivity contribution in [3.63, 3.8) is 0 Å². The van der Waals surface area contributed by atoms with Gasteiger partial charge in [0.2, 0.25) is 0 Å². The maximum atomic E-state index is 4.32. The van der Waals surface area contributed by atoms with Crippen LogP contribution in [0.2, 0.25) is 0 Å². The normalized spacial score (nSPS) is 10.5. The van der Waals surface area contributed by atoms with Crippen molar-refractivity contribution in [1.29, 1.82) is 0 Å². The Kier molecular flexibility index (Phi) is 2.07. The van der Waals surface area contributed by atoms with E-state index in [9.17, 15) is 0 Å². The van der Waals surface area contributed by atoms with Gasteiger partial charge in [0.1, 0.15) is 6.33 Å². The quantitative estimate of drug-likeness (QED) is 0.703. The highest BCUT2D eigenvalue weighted by Crippen LogP contribution is 2.13. The van der Waals surface area contributed by atoms with Crippen molar-refractivity contribution < 1.29 is 0 Å². The van der Waals surface area contributed by atoms with Crippen LogP contribution >= 0.6 is 0 Å². The first-order chi connectivity index (χ1) is 7.93. The van der Waals surface area contributed by atoms with Crippen LogP contribution in [0.3, 0.4) is 0 Å². The average molecular weight is 209 g/mol. The van der Waals surface area contributed by atoms with Crippen LogP contribution in [0, 0.1) is 0 Å². The Bertz CT molecular complexity index is 599. The van der Waals surface area contributed by atoms with Gasteiger partial charge in [-0.15, -0.1) is 0 Å². The molecule has 1 aromatic heterocycles. The molecule has 3 heteroatoms. The molecule has 0 bridgehead atoms. The lowest BCUT2D eigenvalue weighted by atomic mass is 10.3. The molecule has 0 unspecified atom stereocenters. The van der Waals surface area contributed by atoms with Crippen LogP contribution in [0.15, 0.2) is 60.9 Å². The van der Waals surface area contributed by atoms with Crippen molar-refractivity contribution >= 4 is 16.7 Å². The van der Waals surface area contributed by atoms with E-state index in [0.29, 0.717) is 0 Å². The standard InChI is InChI=1S/C13H11N3/c1-2-6-11(7-3-1)15-16-10-14-12-8-4-5-9-13(12)16/h1-10,15H. The molecule has 1 heterocycles. The molecular weight excluding hydrogens is 198 g/mol. The fourth-order valence-corrected chi connectivity index (χ4v) is 1.70. The minimum atomic E-state index is 0.992. The van der Waals surface area contributed by atoms with Crippen molar-refractivity contribution in [2.24, 2.45) is 0 Å². The molecule has 3 aromatic rings. The van der Waals surface area contributed by atoms with Crippen molar-refractivity contribution in [2.75, 3.05) is 5.43 Å². The van der Waals surface area contributed by atoms with Gasteiger partial charge in [0.25, 0.3) is 0 Å². The van der Waals surface area contributed by atoms with Gasteiger partial charge in [0.05, 0.1) is 16.7 Å². The number of hydrogen-bond donors (Lipinski definition) is 1. The summed E-state index contributed by atoms with van der Waals surface area (Å²) in [5.41, 5.74) is 6.39. The first-order valence-electron chi connectivity index (χ1n) is 5.18. The third-order valence-corrected chi connectivity index (χ3v) is 2.48. The topological polar surface area (TPSA) is 29.9 Å². The molecule has 0 spiro atoms. The molecule has 3 rings (SSSR count). The zero-order chi connectivity index (χ0) is 10.8. The van der Waals surface area contributed by atoms with E-state index in [1.165, 1.54) is 0 Å². The zero-order valence-corrected chi connectivity index (χ0v) is 8.67. The minimum Gasteiger partial charge on any atom is -0.293 e. The van der Waals surface area contributed by atoms with E-state index in [0.717, 1.165) is 16.7 Å². The van der Waals surface area contributed by atoms with Crippen molar-refractivity contribution in [3.8, 4) is 0 Å². The molecule has 0 aliphatic carbocycles. The molecular formula is C13H11N3. The summed E-state index contributed by atoms with van der Waals surface area (Å²) in [6, 6.07) is 18.1. The second-order valence-corrected chi connectivity index (χ2v) is 3.58. The predicted octanol–water partition coefficient (Wildman–Crippen LogP) is 2.91. The SMILES string of the molecule is c1ccc(Nn2cnc3ccccc32)cc1. The fraction of sp³-hybridized carbons (Fsp3) is 0. The molecule has 0 radical (unpaired) electrons. The number of imidazole rings is 1. The third kappa shape index (κ3) is 1.52. The molecule has 0 saturated carbocycles. The van der Waals surface area contributed by atoms with Crippen LogP contribution < -0.4 is 5.43 Å². The number of benzene rings is 2. The number of para-hydroxylation sites is 3. The summed E-state index contributed by atoms with van der Waals surface area (Å²) in [7, 11) is 0. The molecule has 0 fully saturated rings. The van der Waals surface area contributed by atoms with Gasteiger partial charge in [-0.25, -0.2) is 9.66 Å². The monoisotopic (exact) mass is 209 g/mol. The van der Waals surface area contributed by atoms with Crippen molar-refractivity contribution in [3.05, 3.63) is 60.9 Å².